The molecule has 156 valence electrons. The lowest BCUT2D eigenvalue weighted by Gasteiger charge is -2.12. The molecule has 30 heavy (non-hydrogen) atoms. The third-order valence-electron chi connectivity index (χ3n) is 4.05. The molecule has 0 saturated heterocycles. The number of aromatic nitrogens is 1. The van der Waals surface area contributed by atoms with Gasteiger partial charge >= 0.3 is 0 Å². The van der Waals surface area contributed by atoms with Crippen molar-refractivity contribution in [2.45, 2.75) is 24.8 Å². The Morgan fingerprint density at radius 2 is 1.87 bits per heavy atom. The van der Waals surface area contributed by atoms with Crippen molar-refractivity contribution in [3.63, 3.8) is 0 Å². The number of nitrogens with zero attached hydrogens (tertiary/aromatic N) is 2. The minimum absolute atomic E-state index is 0.102. The summed E-state index contributed by atoms with van der Waals surface area (Å²) in [6.07, 6.45) is 0.154. The average Bonchev–Trinajstić information content (AvgIpc) is 3.16. The van der Waals surface area contributed by atoms with E-state index in [0.29, 0.717) is 22.9 Å². The smallest absolute Gasteiger partial charge is 0.286 e. The van der Waals surface area contributed by atoms with Crippen LogP contribution in [-0.4, -0.2) is 35.1 Å². The maximum atomic E-state index is 12.5. The summed E-state index contributed by atoms with van der Waals surface area (Å²) in [5.74, 6) is 0.605. The molecule has 0 radical (unpaired) electrons. The van der Waals surface area contributed by atoms with Crippen LogP contribution in [0.1, 0.15) is 16.3 Å². The van der Waals surface area contributed by atoms with Crippen LogP contribution in [0.4, 0.5) is 10.5 Å². The minimum Gasteiger partial charge on any atom is -0.486 e. The lowest BCUT2D eigenvalue weighted by atomic mass is 10.2. The molecule has 0 bridgehead atoms. The Labute approximate surface area is 184 Å². The van der Waals surface area contributed by atoms with Crippen molar-refractivity contribution in [1.29, 1.82) is 0 Å². The molecule has 8 heteroatoms. The second-order valence-corrected chi connectivity index (χ2v) is 8.75. The van der Waals surface area contributed by atoms with Crippen LogP contribution in [0.5, 0.6) is 5.75 Å². The number of hydrogen-bond donors (Lipinski definition) is 1. The lowest BCUT2D eigenvalue weighted by molar-refractivity contribution is -0.115. The first-order valence-electron chi connectivity index (χ1n) is 9.31. The number of ether oxygens (including phenoxy) is 1. The van der Waals surface area contributed by atoms with Crippen LogP contribution in [0.15, 0.2) is 58.8 Å². The van der Waals surface area contributed by atoms with Gasteiger partial charge in [-0.3, -0.25) is 9.59 Å². The minimum atomic E-state index is -0.184. The third-order valence-corrected chi connectivity index (χ3v) is 6.03. The lowest BCUT2D eigenvalue weighted by Crippen LogP contribution is -2.18. The fourth-order valence-electron chi connectivity index (χ4n) is 2.48. The summed E-state index contributed by atoms with van der Waals surface area (Å²) in [6.45, 7) is 2.39. The standard InChI is InChI=1S/C22H23N3O3S2/c1-15-8-10-17(11-9-15)28-13-21-23-16(14-29-21)12-20(26)24-18-6-4-5-7-19(18)30-22(27)25(2)3/h4-11,14H,12-13H2,1-3H3,(H,24,26). The quantitative estimate of drug-likeness (QED) is 0.523. The topological polar surface area (TPSA) is 71.5 Å². The van der Waals surface area contributed by atoms with E-state index in [1.54, 1.807) is 20.2 Å². The molecule has 2 aromatic carbocycles. The number of benzene rings is 2. The van der Waals surface area contributed by atoms with Gasteiger partial charge in [0.25, 0.3) is 5.24 Å². The van der Waals surface area contributed by atoms with Crippen molar-refractivity contribution in [2.75, 3.05) is 19.4 Å². The maximum absolute atomic E-state index is 12.5. The Hall–Kier alpha value is -2.84. The van der Waals surface area contributed by atoms with E-state index in [4.69, 9.17) is 4.74 Å². The predicted octanol–water partition coefficient (Wildman–Crippen LogP) is 4.99. The van der Waals surface area contributed by atoms with Crippen molar-refractivity contribution >= 4 is 39.9 Å². The summed E-state index contributed by atoms with van der Waals surface area (Å²) >= 11 is 2.54. The van der Waals surface area contributed by atoms with E-state index in [2.05, 4.69) is 10.3 Å². The number of para-hydroxylation sites is 1. The van der Waals surface area contributed by atoms with Crippen molar-refractivity contribution in [3.8, 4) is 5.75 Å². The van der Waals surface area contributed by atoms with Crippen LogP contribution in [-0.2, 0) is 17.8 Å². The normalized spacial score (nSPS) is 10.5. The Bertz CT molecular complexity index is 1020. The van der Waals surface area contributed by atoms with E-state index in [1.165, 1.54) is 21.8 Å². The van der Waals surface area contributed by atoms with Gasteiger partial charge in [-0.15, -0.1) is 11.3 Å². The average molecular weight is 442 g/mol. The van der Waals surface area contributed by atoms with Crippen molar-refractivity contribution < 1.29 is 14.3 Å². The SMILES string of the molecule is Cc1ccc(OCc2nc(CC(=O)Nc3ccccc3SC(=O)N(C)C)cs2)cc1. The third kappa shape index (κ3) is 6.33. The molecular weight excluding hydrogens is 418 g/mol. The number of rotatable bonds is 7. The Morgan fingerprint density at radius 3 is 2.60 bits per heavy atom. The summed E-state index contributed by atoms with van der Waals surface area (Å²) in [7, 11) is 3.39. The highest BCUT2D eigenvalue weighted by Crippen LogP contribution is 2.28. The number of amides is 2. The van der Waals surface area contributed by atoms with Gasteiger partial charge in [-0.05, 0) is 43.0 Å². The van der Waals surface area contributed by atoms with E-state index in [-0.39, 0.29) is 17.6 Å². The summed E-state index contributed by atoms with van der Waals surface area (Å²) in [6, 6.07) is 15.1. The number of hydrogen-bond acceptors (Lipinski definition) is 6. The van der Waals surface area contributed by atoms with E-state index in [9.17, 15) is 9.59 Å². The van der Waals surface area contributed by atoms with E-state index in [1.807, 2.05) is 54.8 Å². The number of thiazole rings is 1. The van der Waals surface area contributed by atoms with Gasteiger partial charge in [-0.25, -0.2) is 4.98 Å². The van der Waals surface area contributed by atoms with Gasteiger partial charge in [0.2, 0.25) is 5.91 Å². The van der Waals surface area contributed by atoms with Gasteiger partial charge in [0.15, 0.2) is 0 Å². The molecule has 0 aliphatic carbocycles. The molecule has 6 nitrogen and oxygen atoms in total. The number of anilines is 1. The summed E-state index contributed by atoms with van der Waals surface area (Å²) in [5, 5.41) is 5.45. The number of nitrogens with one attached hydrogen (secondary N) is 1. The van der Waals surface area contributed by atoms with E-state index in [0.717, 1.165) is 22.5 Å². The molecule has 2 amide bonds. The van der Waals surface area contributed by atoms with Crippen LogP contribution in [0, 0.1) is 6.92 Å². The maximum Gasteiger partial charge on any atom is 0.286 e. The Morgan fingerprint density at radius 1 is 1.13 bits per heavy atom. The molecular formula is C22H23N3O3S2. The van der Waals surface area contributed by atoms with Gasteiger partial charge in [0.05, 0.1) is 17.8 Å². The van der Waals surface area contributed by atoms with Gasteiger partial charge in [-0.1, -0.05) is 29.8 Å². The molecule has 3 aromatic rings. The van der Waals surface area contributed by atoms with Crippen molar-refractivity contribution in [2.24, 2.45) is 0 Å². The second-order valence-electron chi connectivity index (χ2n) is 6.82. The van der Waals surface area contributed by atoms with Crippen LogP contribution in [0.3, 0.4) is 0 Å². The largest absolute Gasteiger partial charge is 0.486 e. The summed E-state index contributed by atoms with van der Waals surface area (Å²) in [5.41, 5.74) is 2.48. The second kappa shape index (κ2) is 10.3. The fraction of sp³-hybridized carbons (Fsp3) is 0.227. The van der Waals surface area contributed by atoms with E-state index < -0.39 is 0 Å². The highest BCUT2D eigenvalue weighted by Gasteiger charge is 2.14. The monoisotopic (exact) mass is 441 g/mol. The number of carbonyl (C=O) groups excluding carboxylic acids is 2. The first-order chi connectivity index (χ1) is 14.4. The molecule has 1 aromatic heterocycles. The first-order valence-corrected chi connectivity index (χ1v) is 11.0. The molecule has 0 aliphatic heterocycles. The molecule has 0 fully saturated rings. The van der Waals surface area contributed by atoms with Gasteiger partial charge < -0.3 is 15.0 Å². The molecule has 0 atom stereocenters. The molecule has 0 spiro atoms. The molecule has 1 N–H and O–H groups in total. The van der Waals surface area contributed by atoms with Crippen LogP contribution in [0.2, 0.25) is 0 Å². The fourth-order valence-corrected chi connectivity index (χ4v) is 3.93. The van der Waals surface area contributed by atoms with Gasteiger partial charge in [0, 0.05) is 24.4 Å². The Balaban J connectivity index is 1.56. The van der Waals surface area contributed by atoms with Gasteiger partial charge in [0.1, 0.15) is 17.4 Å². The summed E-state index contributed by atoms with van der Waals surface area (Å²) < 4.78 is 5.74. The van der Waals surface area contributed by atoms with Gasteiger partial charge in [-0.2, -0.15) is 0 Å². The molecule has 0 saturated carbocycles. The van der Waals surface area contributed by atoms with Crippen LogP contribution >= 0.6 is 23.1 Å². The number of thioether (sulfide) groups is 1. The highest BCUT2D eigenvalue weighted by molar-refractivity contribution is 8.13. The molecule has 0 unspecified atom stereocenters. The zero-order valence-electron chi connectivity index (χ0n) is 17.0. The summed E-state index contributed by atoms with van der Waals surface area (Å²) in [4.78, 5) is 31.2. The van der Waals surface area contributed by atoms with Crippen molar-refractivity contribution in [1.82, 2.24) is 9.88 Å². The van der Waals surface area contributed by atoms with Crippen molar-refractivity contribution in [3.05, 3.63) is 70.2 Å². The predicted molar refractivity (Wildman–Crippen MR) is 121 cm³/mol. The molecule has 0 aliphatic rings. The number of carbonyl (C=O) groups is 2. The first kappa shape index (κ1) is 21.9. The van der Waals surface area contributed by atoms with Crippen LogP contribution < -0.4 is 10.1 Å². The zero-order chi connectivity index (χ0) is 21.5. The zero-order valence-corrected chi connectivity index (χ0v) is 18.7. The number of aryl methyl sites for hydroxylation is 1. The molecule has 3 rings (SSSR count). The highest BCUT2D eigenvalue weighted by atomic mass is 32.2. The molecule has 1 heterocycles. The Kier molecular flexibility index (Phi) is 7.48. The van der Waals surface area contributed by atoms with Crippen LogP contribution in [0.25, 0.3) is 0 Å². The van der Waals surface area contributed by atoms with E-state index >= 15 is 0 Å².